The average molecular weight is 1960 g/mol. The van der Waals surface area contributed by atoms with Crippen LogP contribution < -0.4 is 0 Å². The molecule has 15 aromatic rings. The summed E-state index contributed by atoms with van der Waals surface area (Å²) < 4.78 is 386. The first-order chi connectivity index (χ1) is 62.4. The van der Waals surface area contributed by atoms with Gasteiger partial charge in [-0.15, -0.1) is 0 Å². The molecule has 0 atom stereocenters. The van der Waals surface area contributed by atoms with Crippen molar-refractivity contribution in [2.24, 2.45) is 0 Å². The standard InChI is InChI=1S/C22H14F9S.C21H15F6S.C20H13F6S.C18H10F5S.C18H12F3S/c1-13-8-16(22(29,30)31)12-19(9-13)32(17-6-2-4-14(10-17)20(23,24)25)18-7-3-5-15(11-18)21(26,27)28;1-14-5-2-8-17(11-14)28(18-9-3-6-15(12-18)20(22,23)24)19-10-4-7-16(13-19)21(25,26)27;21-19(22,23)14-6-4-10-17(12-14)27(16-8-2-1-3-9-16)18-11-5-7-15(13-18)20(24,25)26;19-11-2-1-3-16(6-11)24(17-7-12(20)4-13(21)8-17)18-9-14(22)5-15(23)10-18;19-13-4-1-7-16(10-13)22(17-8-2-5-14(20)11-17)18-9-3-6-15(21)12-18/h2-12H,1H3;2-13H,1H3;1-13H;1-10H;1-12H/q5*+1. The zero-order valence-electron chi connectivity index (χ0n) is 68.0. The highest BCUT2D eigenvalue weighted by Gasteiger charge is 2.44. The van der Waals surface area contributed by atoms with Crippen molar-refractivity contribution in [3.63, 3.8) is 0 Å². The van der Waals surface area contributed by atoms with Crippen molar-refractivity contribution in [3.05, 3.63) is 448 Å². The molecule has 0 N–H and O–H groups in total. The van der Waals surface area contributed by atoms with E-state index in [9.17, 15) is 127 Å². The second-order valence-electron chi connectivity index (χ2n) is 28.4. The quantitative estimate of drug-likeness (QED) is 0.0709. The Bertz CT molecular complexity index is 6130. The maximum atomic E-state index is 13.6. The number of rotatable bonds is 15. The molecule has 0 aromatic heterocycles. The zero-order valence-corrected chi connectivity index (χ0v) is 72.1. The molecule has 0 saturated carbocycles. The third-order valence-corrected chi connectivity index (χ3v) is 29.3. The van der Waals surface area contributed by atoms with Crippen molar-refractivity contribution < 1.29 is 127 Å². The highest BCUT2D eigenvalue weighted by molar-refractivity contribution is 7.98. The van der Waals surface area contributed by atoms with Crippen molar-refractivity contribution in [1.29, 1.82) is 0 Å². The Morgan fingerprint density at radius 1 is 0.135 bits per heavy atom. The maximum Gasteiger partial charge on any atom is 0.416 e. The Balaban J connectivity index is 0.000000161. The SMILES string of the molecule is Cc1cc([S+](c2cccc(C(F)(F)F)c2)c2cccc(C(F)(F)F)c2)cc(C(F)(F)F)c1.Cc1cccc([S+](c2cccc(C(F)(F)F)c2)c2cccc(C(F)(F)F)c2)c1.FC(F)(F)c1cccc([S+](c2ccccc2)c2cccc(C(F)(F)F)c2)c1.Fc1cccc([S+](c2cc(F)cc(F)c2)c2cc(F)cc(F)c2)c1.Fc1cccc([S+](c2cccc(F)c2)c2cccc(F)c2)c1. The molecule has 15 aromatic carbocycles. The summed E-state index contributed by atoms with van der Waals surface area (Å²) in [5.41, 5.74) is -5.43. The van der Waals surface area contributed by atoms with Crippen LogP contribution in [0.2, 0.25) is 0 Å². The summed E-state index contributed by atoms with van der Waals surface area (Å²) in [5, 5.41) is 0. The molecular formula is C99H64F29S5+5. The monoisotopic (exact) mass is 1960 g/mol. The highest BCUT2D eigenvalue weighted by Crippen LogP contribution is 2.46. The van der Waals surface area contributed by atoms with Crippen LogP contribution in [0.15, 0.2) is 425 Å². The van der Waals surface area contributed by atoms with Crippen LogP contribution in [-0.4, -0.2) is 0 Å². The molecule has 0 aliphatic heterocycles. The van der Waals surface area contributed by atoms with Crippen molar-refractivity contribution >= 4 is 54.5 Å². The van der Waals surface area contributed by atoms with Gasteiger partial charge in [0.25, 0.3) is 0 Å². The van der Waals surface area contributed by atoms with Gasteiger partial charge in [0.05, 0.1) is 93.4 Å². The van der Waals surface area contributed by atoms with Crippen molar-refractivity contribution in [2.45, 2.75) is 131 Å². The van der Waals surface area contributed by atoms with Crippen LogP contribution in [0.25, 0.3) is 0 Å². The highest BCUT2D eigenvalue weighted by atomic mass is 32.2. The Hall–Kier alpha value is -12.0. The minimum Gasteiger partial charge on any atom is -0.207 e. The van der Waals surface area contributed by atoms with E-state index in [1.807, 2.05) is 13.0 Å². The number of alkyl halides is 21. The lowest BCUT2D eigenvalue weighted by molar-refractivity contribution is -0.138. The average Bonchev–Trinajstić information content (AvgIpc) is 0.860. The predicted molar refractivity (Wildman–Crippen MR) is 452 cm³/mol. The summed E-state index contributed by atoms with van der Waals surface area (Å²) in [7, 11) is -5.91. The normalized spacial score (nSPS) is 12.1. The van der Waals surface area contributed by atoms with E-state index in [0.717, 1.165) is 127 Å². The molecule has 0 aliphatic rings. The Kier molecular flexibility index (Phi) is 32.8. The third kappa shape index (κ3) is 28.1. The number of hydrogen-bond donors (Lipinski definition) is 0. The van der Waals surface area contributed by atoms with Crippen molar-refractivity contribution in [1.82, 2.24) is 0 Å². The molecule has 34 heteroatoms. The first kappa shape index (κ1) is 102. The first-order valence-corrected chi connectivity index (χ1v) is 44.6. The van der Waals surface area contributed by atoms with Gasteiger partial charge in [0, 0.05) is 103 Å². The lowest BCUT2D eigenvalue weighted by Crippen LogP contribution is -2.13. The van der Waals surface area contributed by atoms with E-state index in [0.29, 0.717) is 61.1 Å². The summed E-state index contributed by atoms with van der Waals surface area (Å²) in [5.74, 6) is -4.97. The molecule has 0 unspecified atom stereocenters. The van der Waals surface area contributed by atoms with Gasteiger partial charge in [-0.05, 0) is 183 Å². The topological polar surface area (TPSA) is 0 Å². The summed E-state index contributed by atoms with van der Waals surface area (Å²) in [6.07, 6.45) is -32.3. The van der Waals surface area contributed by atoms with E-state index in [1.54, 1.807) is 84.9 Å². The Morgan fingerprint density at radius 2 is 0.308 bits per heavy atom. The van der Waals surface area contributed by atoms with Crippen LogP contribution in [0.1, 0.15) is 50.1 Å². The Morgan fingerprint density at radius 3 is 0.549 bits per heavy atom. The van der Waals surface area contributed by atoms with Crippen LogP contribution in [0.5, 0.6) is 0 Å². The fourth-order valence-electron chi connectivity index (χ4n) is 12.8. The third-order valence-electron chi connectivity index (χ3n) is 18.5. The smallest absolute Gasteiger partial charge is 0.207 e. The molecule has 0 bridgehead atoms. The van der Waals surface area contributed by atoms with Gasteiger partial charge in [0.2, 0.25) is 0 Å². The zero-order chi connectivity index (χ0) is 96.9. The summed E-state index contributed by atoms with van der Waals surface area (Å²) in [6, 6.07) is 74.6. The summed E-state index contributed by atoms with van der Waals surface area (Å²) in [4.78, 5) is 5.03. The van der Waals surface area contributed by atoms with Crippen LogP contribution in [0, 0.1) is 60.4 Å². The minimum atomic E-state index is -4.74. The van der Waals surface area contributed by atoms with Crippen LogP contribution in [0.4, 0.5) is 127 Å². The fourth-order valence-corrected chi connectivity index (χ4v) is 23.9. The predicted octanol–water partition coefficient (Wildman–Crippen LogP) is 32.8. The largest absolute Gasteiger partial charge is 0.416 e. The van der Waals surface area contributed by atoms with Crippen LogP contribution in [0.3, 0.4) is 0 Å². The molecular weight excluding hydrogens is 1900 g/mol. The Labute approximate surface area is 756 Å². The van der Waals surface area contributed by atoms with Gasteiger partial charge in [-0.3, -0.25) is 0 Å². The second-order valence-corrected chi connectivity index (χ2v) is 38.5. The summed E-state index contributed by atoms with van der Waals surface area (Å²) in [6.45, 7) is 3.20. The van der Waals surface area contributed by atoms with Gasteiger partial charge in [-0.2, -0.15) is 92.2 Å². The van der Waals surface area contributed by atoms with E-state index in [1.165, 1.54) is 134 Å². The molecule has 0 saturated heterocycles. The van der Waals surface area contributed by atoms with Gasteiger partial charge >= 0.3 is 43.2 Å². The van der Waals surface area contributed by atoms with Crippen molar-refractivity contribution in [2.75, 3.05) is 0 Å². The van der Waals surface area contributed by atoms with Crippen LogP contribution in [-0.2, 0) is 97.7 Å². The number of aryl methyl sites for hydroxylation is 2. The van der Waals surface area contributed by atoms with Gasteiger partial charge in [-0.25, -0.2) is 35.1 Å². The lowest BCUT2D eigenvalue weighted by Gasteiger charge is -2.14. The lowest BCUT2D eigenvalue weighted by atomic mass is 10.1. The molecule has 0 fully saturated rings. The molecule has 133 heavy (non-hydrogen) atoms. The van der Waals surface area contributed by atoms with E-state index in [2.05, 4.69) is 0 Å². The summed E-state index contributed by atoms with van der Waals surface area (Å²) >= 11 is 0. The van der Waals surface area contributed by atoms with Crippen molar-refractivity contribution in [3.8, 4) is 0 Å². The molecule has 0 heterocycles. The molecule has 0 spiro atoms. The van der Waals surface area contributed by atoms with E-state index in [-0.39, 0.29) is 47.5 Å². The molecule has 0 aliphatic carbocycles. The van der Waals surface area contributed by atoms with Crippen LogP contribution >= 0.6 is 0 Å². The van der Waals surface area contributed by atoms with Gasteiger partial charge in [0.1, 0.15) is 46.5 Å². The molecule has 0 amide bonds. The number of hydrogen-bond acceptors (Lipinski definition) is 0. The molecule has 688 valence electrons. The van der Waals surface area contributed by atoms with Gasteiger partial charge in [0.15, 0.2) is 73.4 Å². The maximum absolute atomic E-state index is 13.6. The second kappa shape index (κ2) is 42.9. The van der Waals surface area contributed by atoms with E-state index < -0.39 is 166 Å². The van der Waals surface area contributed by atoms with E-state index >= 15 is 0 Å². The molecule has 0 radical (unpaired) electrons. The molecule has 0 nitrogen and oxygen atoms in total. The van der Waals surface area contributed by atoms with Gasteiger partial charge in [-0.1, -0.05) is 91.0 Å². The first-order valence-electron chi connectivity index (χ1n) is 38.4. The van der Waals surface area contributed by atoms with Gasteiger partial charge < -0.3 is 0 Å². The van der Waals surface area contributed by atoms with E-state index in [4.69, 9.17) is 0 Å². The molecule has 15 rings (SSSR count). The minimum absolute atomic E-state index is 0.0454. The number of benzene rings is 15. The number of halogens is 29. The fraction of sp³-hybridized carbons (Fsp3) is 0.0909.